The van der Waals surface area contributed by atoms with Gasteiger partial charge in [-0.2, -0.15) is 0 Å². The van der Waals surface area contributed by atoms with Crippen molar-refractivity contribution in [2.45, 2.75) is 26.0 Å². The van der Waals surface area contributed by atoms with Gasteiger partial charge in [0.1, 0.15) is 0 Å². The molecule has 0 radical (unpaired) electrons. The third kappa shape index (κ3) is 3.05. The van der Waals surface area contributed by atoms with Gasteiger partial charge in [-0.05, 0) is 43.1 Å². The lowest BCUT2D eigenvalue weighted by atomic mass is 9.98. The molecule has 0 spiro atoms. The van der Waals surface area contributed by atoms with E-state index < -0.39 is 6.10 Å². The predicted molar refractivity (Wildman–Crippen MR) is 65.9 cm³/mol. The molecule has 1 aliphatic rings. The number of amides is 1. The Hall–Kier alpha value is -1.39. The molecule has 0 fully saturated rings. The van der Waals surface area contributed by atoms with Crippen LogP contribution in [-0.4, -0.2) is 30.2 Å². The second-order valence-electron chi connectivity index (χ2n) is 4.47. The molecular weight excluding hydrogens is 216 g/mol. The summed E-state index contributed by atoms with van der Waals surface area (Å²) < 4.78 is 0. The molecule has 92 valence electrons. The summed E-state index contributed by atoms with van der Waals surface area (Å²) in [6, 6.07) is 5.80. The zero-order chi connectivity index (χ0) is 12.3. The maximum Gasteiger partial charge on any atom is 0.251 e. The number of carbonyl (C=O) groups is 1. The van der Waals surface area contributed by atoms with Crippen LogP contribution in [-0.2, 0) is 13.0 Å². The molecule has 4 heteroatoms. The van der Waals surface area contributed by atoms with Crippen LogP contribution < -0.4 is 10.6 Å². The normalized spacial score (nSPS) is 16.1. The van der Waals surface area contributed by atoms with E-state index in [0.29, 0.717) is 5.56 Å². The highest BCUT2D eigenvalue weighted by Crippen LogP contribution is 2.15. The minimum atomic E-state index is -0.516. The smallest absolute Gasteiger partial charge is 0.251 e. The quantitative estimate of drug-likeness (QED) is 0.711. The highest BCUT2D eigenvalue weighted by Gasteiger charge is 2.12. The number of aliphatic hydroxyl groups is 1. The van der Waals surface area contributed by atoms with Gasteiger partial charge in [0.2, 0.25) is 0 Å². The van der Waals surface area contributed by atoms with E-state index in [0.717, 1.165) is 19.5 Å². The van der Waals surface area contributed by atoms with Crippen LogP contribution in [0.3, 0.4) is 0 Å². The molecule has 1 heterocycles. The molecule has 0 saturated carbocycles. The summed E-state index contributed by atoms with van der Waals surface area (Å²) in [7, 11) is 0. The molecule has 3 N–H and O–H groups in total. The summed E-state index contributed by atoms with van der Waals surface area (Å²) in [5, 5.41) is 15.1. The molecule has 4 nitrogen and oxygen atoms in total. The third-order valence-corrected chi connectivity index (χ3v) is 2.91. The molecule has 0 bridgehead atoms. The highest BCUT2D eigenvalue weighted by molar-refractivity contribution is 5.94. The lowest BCUT2D eigenvalue weighted by Gasteiger charge is -2.17. The van der Waals surface area contributed by atoms with E-state index in [1.54, 1.807) is 6.92 Å². The molecule has 17 heavy (non-hydrogen) atoms. The number of hydrogen-bond donors (Lipinski definition) is 3. The molecule has 0 aliphatic carbocycles. The molecule has 1 atom stereocenters. The van der Waals surface area contributed by atoms with Crippen LogP contribution in [0.25, 0.3) is 0 Å². The van der Waals surface area contributed by atoms with Gasteiger partial charge in [-0.1, -0.05) is 6.07 Å². The minimum Gasteiger partial charge on any atom is -0.392 e. The topological polar surface area (TPSA) is 61.4 Å². The Bertz CT molecular complexity index is 416. The molecule has 1 aromatic rings. The molecule has 0 unspecified atom stereocenters. The summed E-state index contributed by atoms with van der Waals surface area (Å²) in [6.07, 6.45) is 0.503. The predicted octanol–water partition coefficient (Wildman–Crippen LogP) is 0.443. The van der Waals surface area contributed by atoms with Gasteiger partial charge < -0.3 is 15.7 Å². The maximum atomic E-state index is 11.8. The molecule has 0 aromatic heterocycles. The summed E-state index contributed by atoms with van der Waals surface area (Å²) in [6.45, 7) is 3.76. The second kappa shape index (κ2) is 5.29. The summed E-state index contributed by atoms with van der Waals surface area (Å²) in [4.78, 5) is 11.8. The van der Waals surface area contributed by atoms with Crippen LogP contribution in [0, 0.1) is 0 Å². The van der Waals surface area contributed by atoms with Crippen molar-refractivity contribution >= 4 is 5.91 Å². The van der Waals surface area contributed by atoms with Crippen LogP contribution in [0.4, 0.5) is 0 Å². The molecule has 1 aliphatic heterocycles. The number of nitrogens with one attached hydrogen (secondary N) is 2. The Morgan fingerprint density at radius 2 is 2.35 bits per heavy atom. The highest BCUT2D eigenvalue weighted by atomic mass is 16.3. The van der Waals surface area contributed by atoms with Crippen LogP contribution in [0.15, 0.2) is 18.2 Å². The Balaban J connectivity index is 2.08. The fourth-order valence-corrected chi connectivity index (χ4v) is 1.96. The van der Waals surface area contributed by atoms with E-state index in [1.807, 2.05) is 18.2 Å². The lowest BCUT2D eigenvalue weighted by molar-refractivity contribution is 0.0924. The fraction of sp³-hybridized carbons (Fsp3) is 0.462. The Labute approximate surface area is 101 Å². The molecule has 1 amide bonds. The maximum absolute atomic E-state index is 11.8. The van der Waals surface area contributed by atoms with Gasteiger partial charge in [0.25, 0.3) is 5.91 Å². The zero-order valence-corrected chi connectivity index (χ0v) is 9.99. The van der Waals surface area contributed by atoms with Crippen LogP contribution >= 0.6 is 0 Å². The molecule has 2 rings (SSSR count). The number of rotatable bonds is 3. The number of fused-ring (bicyclic) bond motifs is 1. The van der Waals surface area contributed by atoms with Gasteiger partial charge in [0.05, 0.1) is 6.10 Å². The Kier molecular flexibility index (Phi) is 3.76. The number of aliphatic hydroxyl groups excluding tert-OH is 1. The van der Waals surface area contributed by atoms with Crippen molar-refractivity contribution in [1.29, 1.82) is 0 Å². The zero-order valence-electron chi connectivity index (χ0n) is 9.99. The first-order chi connectivity index (χ1) is 8.16. The third-order valence-electron chi connectivity index (χ3n) is 2.91. The Morgan fingerprint density at radius 3 is 3.12 bits per heavy atom. The van der Waals surface area contributed by atoms with E-state index in [-0.39, 0.29) is 12.5 Å². The molecular formula is C13H18N2O2. The van der Waals surface area contributed by atoms with Gasteiger partial charge in [0.15, 0.2) is 0 Å². The summed E-state index contributed by atoms with van der Waals surface area (Å²) >= 11 is 0. The van der Waals surface area contributed by atoms with Crippen molar-refractivity contribution < 1.29 is 9.90 Å². The van der Waals surface area contributed by atoms with E-state index in [9.17, 15) is 4.79 Å². The monoisotopic (exact) mass is 234 g/mol. The standard InChI is InChI=1S/C13H18N2O2/c1-9(16)7-15-13(17)11-3-2-10-4-5-14-8-12(10)6-11/h2-3,6,9,14,16H,4-5,7-8H2,1H3,(H,15,17)/t9-/m1/s1. The van der Waals surface area contributed by atoms with E-state index >= 15 is 0 Å². The van der Waals surface area contributed by atoms with Crippen LogP contribution in [0.5, 0.6) is 0 Å². The minimum absolute atomic E-state index is 0.126. The van der Waals surface area contributed by atoms with Crippen molar-refractivity contribution in [3.8, 4) is 0 Å². The largest absolute Gasteiger partial charge is 0.392 e. The lowest BCUT2D eigenvalue weighted by Crippen LogP contribution is -2.31. The van der Waals surface area contributed by atoms with E-state index in [4.69, 9.17) is 5.11 Å². The number of hydrogen-bond acceptors (Lipinski definition) is 3. The van der Waals surface area contributed by atoms with Gasteiger partial charge in [-0.15, -0.1) is 0 Å². The average molecular weight is 234 g/mol. The average Bonchev–Trinajstić information content (AvgIpc) is 2.35. The Morgan fingerprint density at radius 1 is 1.53 bits per heavy atom. The first-order valence-corrected chi connectivity index (χ1v) is 5.95. The van der Waals surface area contributed by atoms with Gasteiger partial charge in [-0.3, -0.25) is 4.79 Å². The van der Waals surface area contributed by atoms with Crippen molar-refractivity contribution in [3.05, 3.63) is 34.9 Å². The number of carbonyl (C=O) groups excluding carboxylic acids is 1. The molecule has 1 aromatic carbocycles. The van der Waals surface area contributed by atoms with E-state index in [2.05, 4.69) is 10.6 Å². The van der Waals surface area contributed by atoms with Crippen LogP contribution in [0.1, 0.15) is 28.4 Å². The van der Waals surface area contributed by atoms with E-state index in [1.165, 1.54) is 11.1 Å². The summed E-state index contributed by atoms with van der Waals surface area (Å²) in [5.74, 6) is -0.126. The van der Waals surface area contributed by atoms with Crippen molar-refractivity contribution in [3.63, 3.8) is 0 Å². The van der Waals surface area contributed by atoms with Crippen molar-refractivity contribution in [1.82, 2.24) is 10.6 Å². The van der Waals surface area contributed by atoms with Crippen molar-refractivity contribution in [2.75, 3.05) is 13.1 Å². The van der Waals surface area contributed by atoms with Gasteiger partial charge in [0, 0.05) is 18.7 Å². The van der Waals surface area contributed by atoms with Gasteiger partial charge >= 0.3 is 0 Å². The molecule has 0 saturated heterocycles. The summed E-state index contributed by atoms with van der Waals surface area (Å²) in [5.41, 5.74) is 3.17. The van der Waals surface area contributed by atoms with Crippen molar-refractivity contribution in [2.24, 2.45) is 0 Å². The first-order valence-electron chi connectivity index (χ1n) is 5.95. The van der Waals surface area contributed by atoms with Gasteiger partial charge in [-0.25, -0.2) is 0 Å². The van der Waals surface area contributed by atoms with Crippen LogP contribution in [0.2, 0.25) is 0 Å². The SMILES string of the molecule is C[C@@H](O)CNC(=O)c1ccc2c(c1)CNCC2. The number of benzene rings is 1. The second-order valence-corrected chi connectivity index (χ2v) is 4.47. The fourth-order valence-electron chi connectivity index (χ4n) is 1.96. The first kappa shape index (κ1) is 12.1.